The molecule has 3 aromatic rings. The molecule has 2 aromatic carbocycles. The van der Waals surface area contributed by atoms with Gasteiger partial charge in [0.1, 0.15) is 5.82 Å². The summed E-state index contributed by atoms with van der Waals surface area (Å²) in [4.78, 5) is 24.1. The number of carbonyl (C=O) groups is 1. The highest BCUT2D eigenvalue weighted by molar-refractivity contribution is 6.33. The van der Waals surface area contributed by atoms with Crippen molar-refractivity contribution in [1.82, 2.24) is 20.1 Å². The number of halogens is 3. The van der Waals surface area contributed by atoms with E-state index in [1.165, 1.54) is 12.1 Å². The van der Waals surface area contributed by atoms with Gasteiger partial charge in [-0.05, 0) is 55.3 Å². The lowest BCUT2D eigenvalue weighted by molar-refractivity contribution is 0.0950. The fourth-order valence-corrected chi connectivity index (χ4v) is 5.59. The van der Waals surface area contributed by atoms with Crippen molar-refractivity contribution in [2.24, 2.45) is 0 Å². The lowest BCUT2D eigenvalue weighted by Gasteiger charge is -2.43. The minimum atomic E-state index is -0.802. The molecule has 2 aliphatic rings. The SMILES string of the molecule is O=C(NCc1ccccc1)c1cnc(N2CCN(C3CCN(Cc4ccc(F)c(F)c4)CC3)CC2)c(Cl)c1. The number of nitrogens with one attached hydrogen (secondary N) is 1. The van der Waals surface area contributed by atoms with Crippen LogP contribution in [0.4, 0.5) is 14.6 Å². The van der Waals surface area contributed by atoms with Gasteiger partial charge in [-0.25, -0.2) is 13.8 Å². The Hall–Kier alpha value is -3.07. The third-order valence-electron chi connectivity index (χ3n) is 7.46. The van der Waals surface area contributed by atoms with Gasteiger partial charge in [0.15, 0.2) is 11.6 Å². The lowest BCUT2D eigenvalue weighted by Crippen LogP contribution is -2.53. The van der Waals surface area contributed by atoms with E-state index >= 15 is 0 Å². The van der Waals surface area contributed by atoms with Gasteiger partial charge < -0.3 is 10.2 Å². The van der Waals surface area contributed by atoms with Gasteiger partial charge in [0.05, 0.1) is 10.6 Å². The van der Waals surface area contributed by atoms with Crippen molar-refractivity contribution < 1.29 is 13.6 Å². The highest BCUT2D eigenvalue weighted by atomic mass is 35.5. The van der Waals surface area contributed by atoms with Gasteiger partial charge in [-0.15, -0.1) is 0 Å². The summed E-state index contributed by atoms with van der Waals surface area (Å²) in [5.74, 6) is -1.07. The van der Waals surface area contributed by atoms with Crippen LogP contribution < -0.4 is 10.2 Å². The van der Waals surface area contributed by atoms with Crippen molar-refractivity contribution in [3.63, 3.8) is 0 Å². The number of benzene rings is 2. The summed E-state index contributed by atoms with van der Waals surface area (Å²) in [5.41, 5.74) is 2.28. The van der Waals surface area contributed by atoms with Gasteiger partial charge in [-0.3, -0.25) is 14.6 Å². The van der Waals surface area contributed by atoms with E-state index in [2.05, 4.69) is 25.0 Å². The van der Waals surface area contributed by atoms with Crippen LogP contribution in [-0.2, 0) is 13.1 Å². The first kappa shape index (κ1) is 26.5. The van der Waals surface area contributed by atoms with Gasteiger partial charge in [-0.1, -0.05) is 48.0 Å². The first-order chi connectivity index (χ1) is 18.5. The molecule has 3 heterocycles. The maximum Gasteiger partial charge on any atom is 0.253 e. The minimum absolute atomic E-state index is 0.199. The molecule has 5 rings (SSSR count). The smallest absolute Gasteiger partial charge is 0.253 e. The standard InChI is InChI=1S/C29H32ClF2N5O/c30-25-17-23(29(38)34-18-21-4-2-1-3-5-21)19-33-28(25)37-14-12-36(13-15-37)24-8-10-35(11-9-24)20-22-6-7-26(31)27(32)16-22/h1-7,16-17,19,24H,8-15,18,20H2,(H,34,38). The second-order valence-electron chi connectivity index (χ2n) is 9.98. The Balaban J connectivity index is 1.08. The van der Waals surface area contributed by atoms with Crippen LogP contribution in [0.5, 0.6) is 0 Å². The van der Waals surface area contributed by atoms with Crippen LogP contribution in [0.25, 0.3) is 0 Å². The molecule has 2 saturated heterocycles. The molecule has 1 amide bonds. The van der Waals surface area contributed by atoms with Crippen LogP contribution in [0.3, 0.4) is 0 Å². The number of carbonyl (C=O) groups excluding carboxylic acids is 1. The predicted octanol–water partition coefficient (Wildman–Crippen LogP) is 4.73. The number of pyridine rings is 1. The van der Waals surface area contributed by atoms with E-state index in [-0.39, 0.29) is 5.91 Å². The fourth-order valence-electron chi connectivity index (χ4n) is 5.31. The number of nitrogens with zero attached hydrogens (tertiary/aromatic N) is 4. The van der Waals surface area contributed by atoms with E-state index in [1.807, 2.05) is 30.3 Å². The van der Waals surface area contributed by atoms with Crippen LogP contribution in [0.1, 0.15) is 34.3 Å². The van der Waals surface area contributed by atoms with E-state index in [4.69, 9.17) is 11.6 Å². The number of hydrogen-bond donors (Lipinski definition) is 1. The molecule has 200 valence electrons. The summed E-state index contributed by atoms with van der Waals surface area (Å²) in [7, 11) is 0. The number of amides is 1. The van der Waals surface area contributed by atoms with Crippen molar-refractivity contribution in [3.8, 4) is 0 Å². The Bertz CT molecular complexity index is 1240. The average molecular weight is 540 g/mol. The molecule has 2 aliphatic heterocycles. The number of rotatable bonds is 7. The summed E-state index contributed by atoms with van der Waals surface area (Å²) in [6.45, 7) is 6.45. The molecule has 2 fully saturated rings. The molecule has 38 heavy (non-hydrogen) atoms. The number of anilines is 1. The van der Waals surface area contributed by atoms with Crippen molar-refractivity contribution in [1.29, 1.82) is 0 Å². The molecule has 0 bridgehead atoms. The largest absolute Gasteiger partial charge is 0.353 e. The van der Waals surface area contributed by atoms with Gasteiger partial charge in [-0.2, -0.15) is 0 Å². The van der Waals surface area contributed by atoms with Gasteiger partial charge in [0.25, 0.3) is 5.91 Å². The Morgan fingerprint density at radius 2 is 1.66 bits per heavy atom. The first-order valence-electron chi connectivity index (χ1n) is 13.1. The maximum absolute atomic E-state index is 13.5. The monoisotopic (exact) mass is 539 g/mol. The molecule has 0 saturated carbocycles. The van der Waals surface area contributed by atoms with E-state index < -0.39 is 11.6 Å². The molecule has 1 aromatic heterocycles. The van der Waals surface area contributed by atoms with Gasteiger partial charge >= 0.3 is 0 Å². The molecule has 0 unspecified atom stereocenters. The van der Waals surface area contributed by atoms with Crippen LogP contribution >= 0.6 is 11.6 Å². The topological polar surface area (TPSA) is 51.7 Å². The number of aromatic nitrogens is 1. The Labute approximate surface area is 227 Å². The lowest BCUT2D eigenvalue weighted by atomic mass is 10.0. The quantitative estimate of drug-likeness (QED) is 0.470. The Morgan fingerprint density at radius 1 is 0.921 bits per heavy atom. The second-order valence-corrected chi connectivity index (χ2v) is 10.4. The zero-order valence-corrected chi connectivity index (χ0v) is 22.0. The van der Waals surface area contributed by atoms with E-state index in [1.54, 1.807) is 18.3 Å². The number of likely N-dealkylation sites (tertiary alicyclic amines) is 1. The summed E-state index contributed by atoms with van der Waals surface area (Å²) in [5, 5.41) is 3.39. The van der Waals surface area contributed by atoms with Crippen LogP contribution in [0, 0.1) is 11.6 Å². The summed E-state index contributed by atoms with van der Waals surface area (Å²) in [6.07, 6.45) is 3.70. The Morgan fingerprint density at radius 3 is 2.34 bits per heavy atom. The molecule has 0 spiro atoms. The van der Waals surface area contributed by atoms with E-state index in [0.29, 0.717) is 35.5 Å². The summed E-state index contributed by atoms with van der Waals surface area (Å²) >= 11 is 6.56. The molecule has 0 aliphatic carbocycles. The number of piperazine rings is 1. The highest BCUT2D eigenvalue weighted by Gasteiger charge is 2.28. The molecule has 6 nitrogen and oxygen atoms in total. The first-order valence-corrected chi connectivity index (χ1v) is 13.5. The Kier molecular flexibility index (Phi) is 8.51. The predicted molar refractivity (Wildman–Crippen MR) is 145 cm³/mol. The molecular weight excluding hydrogens is 508 g/mol. The van der Waals surface area contributed by atoms with E-state index in [9.17, 15) is 13.6 Å². The van der Waals surface area contributed by atoms with Crippen molar-refractivity contribution >= 4 is 23.3 Å². The number of piperidine rings is 1. The van der Waals surface area contributed by atoms with Crippen molar-refractivity contribution in [3.05, 3.63) is 94.1 Å². The van der Waals surface area contributed by atoms with Crippen LogP contribution in [-0.4, -0.2) is 66.0 Å². The van der Waals surface area contributed by atoms with Crippen molar-refractivity contribution in [2.75, 3.05) is 44.2 Å². The average Bonchev–Trinajstić information content (AvgIpc) is 2.95. The summed E-state index contributed by atoms with van der Waals surface area (Å²) < 4.78 is 26.7. The fraction of sp³-hybridized carbons (Fsp3) is 0.379. The van der Waals surface area contributed by atoms with E-state index in [0.717, 1.165) is 63.2 Å². The maximum atomic E-state index is 13.5. The molecule has 9 heteroatoms. The number of hydrogen-bond acceptors (Lipinski definition) is 5. The van der Waals surface area contributed by atoms with Crippen LogP contribution in [0.15, 0.2) is 60.8 Å². The molecule has 1 N–H and O–H groups in total. The minimum Gasteiger partial charge on any atom is -0.353 e. The molecular formula is C29H32ClF2N5O. The molecule has 0 radical (unpaired) electrons. The summed E-state index contributed by atoms with van der Waals surface area (Å²) in [6, 6.07) is 16.1. The van der Waals surface area contributed by atoms with Gasteiger partial charge in [0.2, 0.25) is 0 Å². The third-order valence-corrected chi connectivity index (χ3v) is 7.74. The zero-order valence-electron chi connectivity index (χ0n) is 21.3. The third kappa shape index (κ3) is 6.49. The normalized spacial score (nSPS) is 17.5. The zero-order chi connectivity index (χ0) is 26.5. The van der Waals surface area contributed by atoms with Crippen LogP contribution in [0.2, 0.25) is 5.02 Å². The molecule has 0 atom stereocenters. The highest BCUT2D eigenvalue weighted by Crippen LogP contribution is 2.27. The van der Waals surface area contributed by atoms with Crippen molar-refractivity contribution in [2.45, 2.75) is 32.0 Å². The second kappa shape index (κ2) is 12.2. The van der Waals surface area contributed by atoms with Gasteiger partial charge in [0, 0.05) is 51.5 Å².